The number of rotatable bonds is 7. The number of carbonyl (C=O) groups is 2. The van der Waals surface area contributed by atoms with Gasteiger partial charge >= 0.3 is 0 Å². The summed E-state index contributed by atoms with van der Waals surface area (Å²) in [5.74, 6) is -0.294. The minimum Gasteiger partial charge on any atom is -0.326 e. The number of halogens is 1. The van der Waals surface area contributed by atoms with Crippen LogP contribution in [0.4, 0.5) is 11.4 Å². The fourth-order valence-corrected chi connectivity index (χ4v) is 3.89. The number of nitrogens with one attached hydrogen (secondary N) is 2. The molecule has 0 heterocycles. The maximum absolute atomic E-state index is 13.2. The zero-order valence-electron chi connectivity index (χ0n) is 15.9. The predicted octanol–water partition coefficient (Wildman–Crippen LogP) is 6.16. The van der Waals surface area contributed by atoms with Gasteiger partial charge in [0.2, 0.25) is 11.8 Å². The molecule has 0 radical (unpaired) electrons. The molecule has 0 fully saturated rings. The van der Waals surface area contributed by atoms with E-state index in [-0.39, 0.29) is 11.8 Å². The van der Waals surface area contributed by atoms with E-state index >= 15 is 0 Å². The van der Waals surface area contributed by atoms with Crippen LogP contribution in [0.3, 0.4) is 0 Å². The Balaban J connectivity index is 1.85. The SMILES string of the molecule is CCC(=O)Nc1ccc(Cl)c(NC(=O)C(Sc2ccccc2)c2ccccc2)c1. The first kappa shape index (κ1) is 21.0. The lowest BCUT2D eigenvalue weighted by molar-refractivity contribution is -0.116. The molecule has 1 atom stereocenters. The Labute approximate surface area is 179 Å². The Hall–Kier alpha value is -2.76. The van der Waals surface area contributed by atoms with Gasteiger partial charge in [0.15, 0.2) is 0 Å². The monoisotopic (exact) mass is 424 g/mol. The van der Waals surface area contributed by atoms with Crippen LogP contribution in [-0.4, -0.2) is 11.8 Å². The van der Waals surface area contributed by atoms with Crippen LogP contribution >= 0.6 is 23.4 Å². The number of hydrogen-bond donors (Lipinski definition) is 2. The summed E-state index contributed by atoms with van der Waals surface area (Å²) in [6.45, 7) is 1.78. The first-order valence-electron chi connectivity index (χ1n) is 9.23. The third-order valence-electron chi connectivity index (χ3n) is 4.17. The molecule has 2 amide bonds. The molecule has 3 aromatic carbocycles. The van der Waals surface area contributed by atoms with Crippen molar-refractivity contribution in [1.82, 2.24) is 0 Å². The maximum atomic E-state index is 13.2. The van der Waals surface area contributed by atoms with E-state index in [0.717, 1.165) is 10.5 Å². The average molecular weight is 425 g/mol. The van der Waals surface area contributed by atoms with Gasteiger partial charge in [0.1, 0.15) is 5.25 Å². The molecule has 29 heavy (non-hydrogen) atoms. The second-order valence-electron chi connectivity index (χ2n) is 6.31. The molecule has 3 rings (SSSR count). The van der Waals surface area contributed by atoms with Gasteiger partial charge in [-0.1, -0.05) is 67.1 Å². The Kier molecular flexibility index (Phi) is 7.33. The largest absolute Gasteiger partial charge is 0.326 e. The smallest absolute Gasteiger partial charge is 0.242 e. The lowest BCUT2D eigenvalue weighted by Gasteiger charge is -2.18. The van der Waals surface area contributed by atoms with Crippen LogP contribution in [-0.2, 0) is 9.59 Å². The standard InChI is InChI=1S/C23H21ClN2O2S/c1-2-21(27)25-17-13-14-19(24)20(15-17)26-23(28)22(16-9-5-3-6-10-16)29-18-11-7-4-8-12-18/h3-15,22H,2H2,1H3,(H,25,27)(H,26,28). The Morgan fingerprint density at radius 1 is 0.931 bits per heavy atom. The van der Waals surface area contributed by atoms with E-state index in [1.54, 1.807) is 25.1 Å². The second-order valence-corrected chi connectivity index (χ2v) is 7.89. The third-order valence-corrected chi connectivity index (χ3v) is 5.76. The van der Waals surface area contributed by atoms with E-state index in [0.29, 0.717) is 22.8 Å². The second kappa shape index (κ2) is 10.1. The van der Waals surface area contributed by atoms with Crippen molar-refractivity contribution in [3.63, 3.8) is 0 Å². The summed E-state index contributed by atoms with van der Waals surface area (Å²) in [4.78, 5) is 25.8. The Bertz CT molecular complexity index is 981. The highest BCUT2D eigenvalue weighted by Crippen LogP contribution is 2.37. The van der Waals surface area contributed by atoms with E-state index in [1.807, 2.05) is 60.7 Å². The van der Waals surface area contributed by atoms with Crippen molar-refractivity contribution in [2.24, 2.45) is 0 Å². The quantitative estimate of drug-likeness (QED) is 0.446. The summed E-state index contributed by atoms with van der Waals surface area (Å²) in [7, 11) is 0. The van der Waals surface area contributed by atoms with Crippen LogP contribution in [0.15, 0.2) is 83.8 Å². The number of benzene rings is 3. The molecule has 6 heteroatoms. The van der Waals surface area contributed by atoms with Crippen molar-refractivity contribution in [3.05, 3.63) is 89.4 Å². The van der Waals surface area contributed by atoms with Crippen molar-refractivity contribution < 1.29 is 9.59 Å². The Morgan fingerprint density at radius 2 is 1.59 bits per heavy atom. The van der Waals surface area contributed by atoms with Gasteiger partial charge in [0, 0.05) is 17.0 Å². The zero-order chi connectivity index (χ0) is 20.6. The fourth-order valence-electron chi connectivity index (χ4n) is 2.68. The van der Waals surface area contributed by atoms with Crippen LogP contribution in [0.2, 0.25) is 5.02 Å². The number of thioether (sulfide) groups is 1. The summed E-state index contributed by atoms with van der Waals surface area (Å²) in [5.41, 5.74) is 1.94. The van der Waals surface area contributed by atoms with Crippen molar-refractivity contribution in [3.8, 4) is 0 Å². The first-order chi connectivity index (χ1) is 14.1. The highest BCUT2D eigenvalue weighted by atomic mass is 35.5. The van der Waals surface area contributed by atoms with E-state index < -0.39 is 5.25 Å². The number of amides is 2. The molecule has 0 aliphatic carbocycles. The molecule has 148 valence electrons. The highest BCUT2D eigenvalue weighted by molar-refractivity contribution is 8.00. The van der Waals surface area contributed by atoms with E-state index in [1.165, 1.54) is 11.8 Å². The molecule has 0 saturated carbocycles. The molecule has 0 bridgehead atoms. The molecule has 0 aromatic heterocycles. The van der Waals surface area contributed by atoms with Gasteiger partial charge in [-0.3, -0.25) is 9.59 Å². The number of hydrogen-bond acceptors (Lipinski definition) is 3. The molecule has 0 saturated heterocycles. The van der Waals surface area contributed by atoms with Gasteiger partial charge in [-0.15, -0.1) is 11.8 Å². The zero-order valence-corrected chi connectivity index (χ0v) is 17.5. The Morgan fingerprint density at radius 3 is 2.24 bits per heavy atom. The lowest BCUT2D eigenvalue weighted by atomic mass is 10.1. The molecular weight excluding hydrogens is 404 g/mol. The van der Waals surface area contributed by atoms with E-state index in [9.17, 15) is 9.59 Å². The molecule has 4 nitrogen and oxygen atoms in total. The van der Waals surface area contributed by atoms with Crippen LogP contribution in [0.1, 0.15) is 24.2 Å². The van der Waals surface area contributed by atoms with Crippen LogP contribution in [0, 0.1) is 0 Å². The summed E-state index contributed by atoms with van der Waals surface area (Å²) in [6.07, 6.45) is 0.369. The van der Waals surface area contributed by atoms with Crippen LogP contribution in [0.25, 0.3) is 0 Å². The summed E-state index contributed by atoms with van der Waals surface area (Å²) >= 11 is 7.76. The normalized spacial score (nSPS) is 11.5. The highest BCUT2D eigenvalue weighted by Gasteiger charge is 2.23. The van der Waals surface area contributed by atoms with E-state index in [4.69, 9.17) is 11.6 Å². The van der Waals surface area contributed by atoms with Gasteiger partial charge < -0.3 is 10.6 Å². The minimum atomic E-state index is -0.455. The van der Waals surface area contributed by atoms with E-state index in [2.05, 4.69) is 10.6 Å². The van der Waals surface area contributed by atoms with Crippen molar-refractivity contribution in [1.29, 1.82) is 0 Å². The third kappa shape index (κ3) is 5.86. The summed E-state index contributed by atoms with van der Waals surface area (Å²) in [5, 5.41) is 5.65. The first-order valence-corrected chi connectivity index (χ1v) is 10.5. The number of carbonyl (C=O) groups excluding carboxylic acids is 2. The molecule has 0 aliphatic rings. The fraction of sp³-hybridized carbons (Fsp3) is 0.130. The van der Waals surface area contributed by atoms with Gasteiger partial charge in [-0.05, 0) is 35.9 Å². The topological polar surface area (TPSA) is 58.2 Å². The molecule has 2 N–H and O–H groups in total. The molecule has 0 aliphatic heterocycles. The van der Waals surface area contributed by atoms with Gasteiger partial charge in [0.25, 0.3) is 0 Å². The molecule has 3 aromatic rings. The number of anilines is 2. The maximum Gasteiger partial charge on any atom is 0.242 e. The van der Waals surface area contributed by atoms with Crippen LogP contribution in [0.5, 0.6) is 0 Å². The predicted molar refractivity (Wildman–Crippen MR) is 120 cm³/mol. The molecule has 0 spiro atoms. The molecular formula is C23H21ClN2O2S. The van der Waals surface area contributed by atoms with Crippen LogP contribution < -0.4 is 10.6 Å². The minimum absolute atomic E-state index is 0.105. The molecule has 1 unspecified atom stereocenters. The van der Waals surface area contributed by atoms with Crippen molar-refractivity contribution in [2.45, 2.75) is 23.5 Å². The average Bonchev–Trinajstić information content (AvgIpc) is 2.75. The van der Waals surface area contributed by atoms with Gasteiger partial charge in [0.05, 0.1) is 10.7 Å². The van der Waals surface area contributed by atoms with Crippen molar-refractivity contribution >= 4 is 46.6 Å². The van der Waals surface area contributed by atoms with Crippen molar-refractivity contribution in [2.75, 3.05) is 10.6 Å². The summed E-state index contributed by atoms with van der Waals surface area (Å²) < 4.78 is 0. The summed E-state index contributed by atoms with van der Waals surface area (Å²) in [6, 6.07) is 24.4. The lowest BCUT2D eigenvalue weighted by Crippen LogP contribution is -2.19. The van der Waals surface area contributed by atoms with Gasteiger partial charge in [-0.25, -0.2) is 0 Å². The van der Waals surface area contributed by atoms with Gasteiger partial charge in [-0.2, -0.15) is 0 Å².